The second kappa shape index (κ2) is 6.89. The number of rotatable bonds is 5. The number of hydrogen-bond donors (Lipinski definition) is 2. The Morgan fingerprint density at radius 3 is 3.00 bits per heavy atom. The number of hydrazone groups is 1. The summed E-state index contributed by atoms with van der Waals surface area (Å²) >= 11 is 1.57. The molecule has 0 spiro atoms. The lowest BCUT2D eigenvalue weighted by molar-refractivity contribution is 0.0950. The standard InChI is InChI=1S/C16H14N4O2S/c1-22-14-6-3-2-5-11(14)10-17-20-16(21)13-9-12(18-19-13)15-7-4-8-23-15/h2-10H,1H3,(H,18,19)(H,20,21)/b17-10+. The maximum absolute atomic E-state index is 12.0. The van der Waals surface area contributed by atoms with E-state index in [0.717, 1.165) is 16.1 Å². The number of benzene rings is 1. The molecule has 116 valence electrons. The van der Waals surface area contributed by atoms with Crippen molar-refractivity contribution in [3.63, 3.8) is 0 Å². The van der Waals surface area contributed by atoms with Crippen molar-refractivity contribution >= 4 is 23.5 Å². The number of carbonyl (C=O) groups is 1. The molecule has 2 aromatic heterocycles. The van der Waals surface area contributed by atoms with Crippen molar-refractivity contribution in [1.29, 1.82) is 0 Å². The normalized spacial score (nSPS) is 10.8. The maximum Gasteiger partial charge on any atom is 0.291 e. The van der Waals surface area contributed by atoms with E-state index in [1.807, 2.05) is 41.8 Å². The molecule has 7 heteroatoms. The summed E-state index contributed by atoms with van der Waals surface area (Å²) in [6.45, 7) is 0. The van der Waals surface area contributed by atoms with Crippen LogP contribution < -0.4 is 10.2 Å². The molecular weight excluding hydrogens is 312 g/mol. The van der Waals surface area contributed by atoms with Crippen molar-refractivity contribution in [3.8, 4) is 16.3 Å². The van der Waals surface area contributed by atoms with Gasteiger partial charge in [0.25, 0.3) is 5.91 Å². The summed E-state index contributed by atoms with van der Waals surface area (Å²) in [5.41, 5.74) is 4.32. The summed E-state index contributed by atoms with van der Waals surface area (Å²) in [6, 6.07) is 13.0. The van der Waals surface area contributed by atoms with Gasteiger partial charge in [0, 0.05) is 5.56 Å². The van der Waals surface area contributed by atoms with E-state index in [-0.39, 0.29) is 11.6 Å². The van der Waals surface area contributed by atoms with E-state index >= 15 is 0 Å². The number of amides is 1. The lowest BCUT2D eigenvalue weighted by Crippen LogP contribution is -2.18. The Balaban J connectivity index is 1.67. The highest BCUT2D eigenvalue weighted by molar-refractivity contribution is 7.13. The van der Waals surface area contributed by atoms with Crippen LogP contribution in [0.15, 0.2) is 52.9 Å². The summed E-state index contributed by atoms with van der Waals surface area (Å²) in [4.78, 5) is 13.1. The van der Waals surface area contributed by atoms with E-state index in [0.29, 0.717) is 5.75 Å². The van der Waals surface area contributed by atoms with E-state index in [1.165, 1.54) is 6.21 Å². The van der Waals surface area contributed by atoms with Crippen LogP contribution >= 0.6 is 11.3 Å². The van der Waals surface area contributed by atoms with Crippen LogP contribution in [0.5, 0.6) is 5.75 Å². The number of aromatic nitrogens is 2. The summed E-state index contributed by atoms with van der Waals surface area (Å²) in [5, 5.41) is 12.8. The summed E-state index contributed by atoms with van der Waals surface area (Å²) in [5.74, 6) is 0.306. The predicted molar refractivity (Wildman–Crippen MR) is 90.0 cm³/mol. The number of aromatic amines is 1. The molecule has 0 unspecified atom stereocenters. The van der Waals surface area contributed by atoms with Gasteiger partial charge < -0.3 is 4.74 Å². The molecule has 0 saturated heterocycles. The Morgan fingerprint density at radius 2 is 2.22 bits per heavy atom. The number of nitrogens with one attached hydrogen (secondary N) is 2. The smallest absolute Gasteiger partial charge is 0.291 e. The zero-order valence-corrected chi connectivity index (χ0v) is 13.1. The quantitative estimate of drug-likeness (QED) is 0.559. The second-order valence-corrected chi connectivity index (χ2v) is 5.53. The molecule has 0 fully saturated rings. The molecule has 2 N–H and O–H groups in total. The minimum Gasteiger partial charge on any atom is -0.496 e. The molecule has 3 aromatic rings. The van der Waals surface area contributed by atoms with Crippen molar-refractivity contribution in [3.05, 3.63) is 59.1 Å². The van der Waals surface area contributed by atoms with Gasteiger partial charge in [-0.2, -0.15) is 10.2 Å². The first-order chi connectivity index (χ1) is 11.3. The van der Waals surface area contributed by atoms with Gasteiger partial charge >= 0.3 is 0 Å². The van der Waals surface area contributed by atoms with Gasteiger partial charge in [-0.05, 0) is 29.6 Å². The highest BCUT2D eigenvalue weighted by Gasteiger charge is 2.11. The molecule has 3 rings (SSSR count). The van der Waals surface area contributed by atoms with Gasteiger partial charge in [-0.3, -0.25) is 9.89 Å². The van der Waals surface area contributed by atoms with Crippen LogP contribution in [0, 0.1) is 0 Å². The largest absolute Gasteiger partial charge is 0.496 e. The zero-order chi connectivity index (χ0) is 16.1. The van der Waals surface area contributed by atoms with Crippen LogP contribution in [0.1, 0.15) is 16.1 Å². The summed E-state index contributed by atoms with van der Waals surface area (Å²) in [7, 11) is 1.58. The van der Waals surface area contributed by atoms with Crippen molar-refractivity contribution in [2.24, 2.45) is 5.10 Å². The molecule has 0 radical (unpaired) electrons. The summed E-state index contributed by atoms with van der Waals surface area (Å²) in [6.07, 6.45) is 1.53. The number of methoxy groups -OCH3 is 1. The Hall–Kier alpha value is -2.93. The molecule has 0 aliphatic heterocycles. The number of ether oxygens (including phenoxy) is 1. The average molecular weight is 326 g/mol. The fraction of sp³-hybridized carbons (Fsp3) is 0.0625. The van der Waals surface area contributed by atoms with Crippen molar-refractivity contribution in [2.45, 2.75) is 0 Å². The van der Waals surface area contributed by atoms with E-state index in [1.54, 1.807) is 24.5 Å². The van der Waals surface area contributed by atoms with Gasteiger partial charge in [-0.25, -0.2) is 5.43 Å². The molecule has 0 bridgehead atoms. The van der Waals surface area contributed by atoms with Crippen LogP contribution in [0.4, 0.5) is 0 Å². The van der Waals surface area contributed by atoms with E-state index < -0.39 is 0 Å². The molecule has 6 nitrogen and oxygen atoms in total. The van der Waals surface area contributed by atoms with Crippen LogP contribution in [0.2, 0.25) is 0 Å². The first-order valence-corrected chi connectivity index (χ1v) is 7.71. The maximum atomic E-state index is 12.0. The van der Waals surface area contributed by atoms with Gasteiger partial charge in [-0.15, -0.1) is 11.3 Å². The minimum absolute atomic E-state index is 0.283. The van der Waals surface area contributed by atoms with Gasteiger partial charge in [0.15, 0.2) is 5.69 Å². The first-order valence-electron chi connectivity index (χ1n) is 6.83. The molecule has 0 saturated carbocycles. The van der Waals surface area contributed by atoms with Gasteiger partial charge in [0.1, 0.15) is 5.75 Å². The Bertz CT molecular complexity index is 824. The molecule has 0 aliphatic carbocycles. The molecule has 1 amide bonds. The van der Waals surface area contributed by atoms with Crippen molar-refractivity contribution in [2.75, 3.05) is 7.11 Å². The molecule has 0 aliphatic rings. The number of para-hydroxylation sites is 1. The van der Waals surface area contributed by atoms with E-state index in [9.17, 15) is 4.79 Å². The molecule has 23 heavy (non-hydrogen) atoms. The number of nitrogens with zero attached hydrogens (tertiary/aromatic N) is 2. The highest BCUT2D eigenvalue weighted by atomic mass is 32.1. The fourth-order valence-electron chi connectivity index (χ4n) is 1.99. The highest BCUT2D eigenvalue weighted by Crippen LogP contribution is 2.22. The summed E-state index contributed by atoms with van der Waals surface area (Å²) < 4.78 is 5.21. The van der Waals surface area contributed by atoms with E-state index in [2.05, 4.69) is 20.7 Å². The third kappa shape index (κ3) is 3.46. The number of hydrogen-bond acceptors (Lipinski definition) is 5. The molecule has 0 atom stereocenters. The Labute approximate surface area is 136 Å². The number of carbonyl (C=O) groups excluding carboxylic acids is 1. The zero-order valence-electron chi connectivity index (χ0n) is 12.3. The predicted octanol–water partition coefficient (Wildman–Crippen LogP) is 2.91. The minimum atomic E-state index is -0.379. The van der Waals surface area contributed by atoms with Crippen LogP contribution in [0.3, 0.4) is 0 Å². The van der Waals surface area contributed by atoms with Crippen LogP contribution in [-0.2, 0) is 0 Å². The first kappa shape index (κ1) is 15.0. The lowest BCUT2D eigenvalue weighted by Gasteiger charge is -2.02. The van der Waals surface area contributed by atoms with Crippen LogP contribution in [-0.4, -0.2) is 29.4 Å². The second-order valence-electron chi connectivity index (χ2n) is 4.59. The van der Waals surface area contributed by atoms with Crippen LogP contribution in [0.25, 0.3) is 10.6 Å². The van der Waals surface area contributed by atoms with E-state index in [4.69, 9.17) is 4.74 Å². The Kier molecular flexibility index (Phi) is 4.49. The molecule has 2 heterocycles. The third-order valence-corrected chi connectivity index (χ3v) is 4.01. The van der Waals surface area contributed by atoms with Gasteiger partial charge in [-0.1, -0.05) is 18.2 Å². The van der Waals surface area contributed by atoms with Crippen molar-refractivity contribution in [1.82, 2.24) is 15.6 Å². The van der Waals surface area contributed by atoms with Gasteiger partial charge in [0.2, 0.25) is 0 Å². The number of H-pyrrole nitrogens is 1. The van der Waals surface area contributed by atoms with Crippen molar-refractivity contribution < 1.29 is 9.53 Å². The third-order valence-electron chi connectivity index (χ3n) is 3.11. The Morgan fingerprint density at radius 1 is 1.35 bits per heavy atom. The fourth-order valence-corrected chi connectivity index (χ4v) is 2.68. The average Bonchev–Trinajstić information content (AvgIpc) is 3.26. The lowest BCUT2D eigenvalue weighted by atomic mass is 10.2. The number of thiophene rings is 1. The monoisotopic (exact) mass is 326 g/mol. The molecular formula is C16H14N4O2S. The topological polar surface area (TPSA) is 79.4 Å². The molecule has 1 aromatic carbocycles. The SMILES string of the molecule is COc1ccccc1/C=N/NC(=O)c1cc(-c2cccs2)[nH]n1. The van der Waals surface area contributed by atoms with Gasteiger partial charge in [0.05, 0.1) is 23.9 Å².